The first kappa shape index (κ1) is 10.9. The van der Waals surface area contributed by atoms with Crippen LogP contribution in [0, 0.1) is 5.82 Å². The Morgan fingerprint density at radius 2 is 2.12 bits per heavy atom. The minimum absolute atomic E-state index is 0.361. The second kappa shape index (κ2) is 4.49. The van der Waals surface area contributed by atoms with Crippen molar-refractivity contribution in [2.75, 3.05) is 0 Å². The fraction of sp³-hybridized carbons (Fsp3) is 0. The summed E-state index contributed by atoms with van der Waals surface area (Å²) in [5, 5.41) is 11.1. The van der Waals surface area contributed by atoms with Crippen LogP contribution in [0.1, 0.15) is 5.76 Å². The highest BCUT2D eigenvalue weighted by atomic mass is 79.9. The molecule has 0 aliphatic heterocycles. The van der Waals surface area contributed by atoms with Crippen LogP contribution in [-0.4, -0.2) is 11.4 Å². The predicted molar refractivity (Wildman–Crippen MR) is 61.2 cm³/mol. The number of furan rings is 1. The number of hydrogen-bond acceptors (Lipinski definition) is 3. The molecule has 82 valence electrons. The van der Waals surface area contributed by atoms with Gasteiger partial charge < -0.3 is 9.62 Å². The Bertz CT molecular complexity index is 537. The zero-order valence-corrected chi connectivity index (χ0v) is 9.61. The number of halogens is 2. The van der Waals surface area contributed by atoms with E-state index in [-0.39, 0.29) is 5.82 Å². The van der Waals surface area contributed by atoms with E-state index in [0.29, 0.717) is 21.6 Å². The third-order valence-electron chi connectivity index (χ3n) is 2.01. The summed E-state index contributed by atoms with van der Waals surface area (Å²) in [5.41, 5.74) is 0.362. The molecule has 1 N–H and O–H groups in total. The predicted octanol–water partition coefficient (Wildman–Crippen LogP) is 3.66. The van der Waals surface area contributed by atoms with Crippen molar-refractivity contribution in [2.24, 2.45) is 5.16 Å². The summed E-state index contributed by atoms with van der Waals surface area (Å²) in [6, 6.07) is 7.90. The van der Waals surface area contributed by atoms with Gasteiger partial charge in [-0.3, -0.25) is 0 Å². The molecular weight excluding hydrogens is 277 g/mol. The van der Waals surface area contributed by atoms with Crippen LogP contribution >= 0.6 is 15.9 Å². The molecule has 0 bridgehead atoms. The summed E-state index contributed by atoms with van der Waals surface area (Å²) < 4.78 is 19.5. The molecular formula is C11H7BrFNO2. The van der Waals surface area contributed by atoms with Gasteiger partial charge in [0.2, 0.25) is 0 Å². The van der Waals surface area contributed by atoms with Crippen molar-refractivity contribution >= 4 is 22.1 Å². The minimum Gasteiger partial charge on any atom is -0.455 e. The lowest BCUT2D eigenvalue weighted by molar-refractivity contribution is 0.321. The quantitative estimate of drug-likeness (QED) is 0.519. The summed E-state index contributed by atoms with van der Waals surface area (Å²) in [6.07, 6.45) is 1.14. The Kier molecular flexibility index (Phi) is 3.05. The van der Waals surface area contributed by atoms with E-state index in [4.69, 9.17) is 9.62 Å². The van der Waals surface area contributed by atoms with Gasteiger partial charge in [-0.25, -0.2) is 4.39 Å². The molecule has 1 aromatic heterocycles. The maximum Gasteiger partial charge on any atom is 0.149 e. The highest BCUT2D eigenvalue weighted by Crippen LogP contribution is 2.26. The van der Waals surface area contributed by atoms with Crippen LogP contribution in [0.3, 0.4) is 0 Å². The van der Waals surface area contributed by atoms with Crippen LogP contribution in [0.15, 0.2) is 44.4 Å². The van der Waals surface area contributed by atoms with E-state index in [1.54, 1.807) is 24.3 Å². The van der Waals surface area contributed by atoms with Gasteiger partial charge in [0, 0.05) is 4.47 Å². The lowest BCUT2D eigenvalue weighted by atomic mass is 10.1. The van der Waals surface area contributed by atoms with Crippen LogP contribution in [0.2, 0.25) is 0 Å². The largest absolute Gasteiger partial charge is 0.455 e. The van der Waals surface area contributed by atoms with Crippen LogP contribution in [0.25, 0.3) is 11.3 Å². The number of hydrogen-bond donors (Lipinski definition) is 1. The molecule has 5 heteroatoms. The maximum absolute atomic E-state index is 13.6. The number of nitrogens with zero attached hydrogens (tertiary/aromatic N) is 1. The number of rotatable bonds is 2. The average Bonchev–Trinajstić information content (AvgIpc) is 2.67. The van der Waals surface area contributed by atoms with Crippen LogP contribution in [-0.2, 0) is 0 Å². The standard InChI is InChI=1S/C11H7BrFNO2/c12-7-1-3-9(10(13)5-7)11-4-2-8(16-11)6-14-15/h1-6,15H/b14-6+. The molecule has 0 atom stereocenters. The van der Waals surface area contributed by atoms with Gasteiger partial charge in [0.25, 0.3) is 0 Å². The lowest BCUT2D eigenvalue weighted by Crippen LogP contribution is -1.82. The van der Waals surface area contributed by atoms with Gasteiger partial charge in [0.1, 0.15) is 23.6 Å². The molecule has 2 rings (SSSR count). The van der Waals surface area contributed by atoms with Gasteiger partial charge in [0.05, 0.1) is 5.56 Å². The monoisotopic (exact) mass is 283 g/mol. The van der Waals surface area contributed by atoms with Crippen LogP contribution < -0.4 is 0 Å². The summed E-state index contributed by atoms with van der Waals surface area (Å²) in [4.78, 5) is 0. The fourth-order valence-corrected chi connectivity index (χ4v) is 1.65. The smallest absolute Gasteiger partial charge is 0.149 e. The van der Waals surface area contributed by atoms with Crippen molar-refractivity contribution in [1.29, 1.82) is 0 Å². The molecule has 0 aliphatic rings. The van der Waals surface area contributed by atoms with E-state index >= 15 is 0 Å². The van der Waals surface area contributed by atoms with Gasteiger partial charge in [0.15, 0.2) is 0 Å². The fourth-order valence-electron chi connectivity index (χ4n) is 1.31. The van der Waals surface area contributed by atoms with Gasteiger partial charge >= 0.3 is 0 Å². The highest BCUT2D eigenvalue weighted by molar-refractivity contribution is 9.10. The van der Waals surface area contributed by atoms with Crippen LogP contribution in [0.5, 0.6) is 0 Å². The van der Waals surface area contributed by atoms with Crippen molar-refractivity contribution in [3.05, 3.63) is 46.4 Å². The Labute approximate surface area is 99.3 Å². The molecule has 1 heterocycles. The molecule has 0 saturated heterocycles. The lowest BCUT2D eigenvalue weighted by Gasteiger charge is -1.99. The molecule has 0 aliphatic carbocycles. The zero-order valence-electron chi connectivity index (χ0n) is 8.02. The Morgan fingerprint density at radius 3 is 2.81 bits per heavy atom. The minimum atomic E-state index is -0.379. The van der Waals surface area contributed by atoms with E-state index in [0.717, 1.165) is 6.21 Å². The topological polar surface area (TPSA) is 45.7 Å². The average molecular weight is 284 g/mol. The SMILES string of the molecule is O/N=C/c1ccc(-c2ccc(Br)cc2F)o1. The molecule has 3 nitrogen and oxygen atoms in total. The van der Waals surface area contributed by atoms with E-state index in [1.165, 1.54) is 6.07 Å². The second-order valence-corrected chi connectivity index (χ2v) is 3.99. The second-order valence-electron chi connectivity index (χ2n) is 3.07. The first-order valence-electron chi connectivity index (χ1n) is 4.43. The Balaban J connectivity index is 2.42. The molecule has 0 amide bonds. The Morgan fingerprint density at radius 1 is 1.31 bits per heavy atom. The van der Waals surface area contributed by atoms with Crippen molar-refractivity contribution < 1.29 is 14.0 Å². The summed E-state index contributed by atoms with van der Waals surface area (Å²) >= 11 is 3.17. The zero-order chi connectivity index (χ0) is 11.5. The number of oxime groups is 1. The molecule has 0 fully saturated rings. The molecule has 2 aromatic rings. The first-order chi connectivity index (χ1) is 7.70. The van der Waals surface area contributed by atoms with Gasteiger partial charge in [-0.2, -0.15) is 0 Å². The van der Waals surface area contributed by atoms with E-state index in [2.05, 4.69) is 21.1 Å². The van der Waals surface area contributed by atoms with Crippen molar-refractivity contribution in [3.63, 3.8) is 0 Å². The van der Waals surface area contributed by atoms with E-state index < -0.39 is 0 Å². The summed E-state index contributed by atoms with van der Waals surface area (Å²) in [7, 11) is 0. The van der Waals surface area contributed by atoms with Gasteiger partial charge in [-0.05, 0) is 30.3 Å². The third kappa shape index (κ3) is 2.14. The first-order valence-corrected chi connectivity index (χ1v) is 5.22. The molecule has 0 radical (unpaired) electrons. The van der Waals surface area contributed by atoms with E-state index in [9.17, 15) is 4.39 Å². The third-order valence-corrected chi connectivity index (χ3v) is 2.50. The molecule has 1 aromatic carbocycles. The van der Waals surface area contributed by atoms with Crippen LogP contribution in [0.4, 0.5) is 4.39 Å². The van der Waals surface area contributed by atoms with Crippen molar-refractivity contribution in [2.45, 2.75) is 0 Å². The molecule has 0 spiro atoms. The maximum atomic E-state index is 13.6. The molecule has 16 heavy (non-hydrogen) atoms. The van der Waals surface area contributed by atoms with Gasteiger partial charge in [-0.15, -0.1) is 0 Å². The summed E-state index contributed by atoms with van der Waals surface area (Å²) in [5.74, 6) is 0.371. The Hall–Kier alpha value is -1.62. The molecule has 0 unspecified atom stereocenters. The van der Waals surface area contributed by atoms with Gasteiger partial charge in [-0.1, -0.05) is 21.1 Å². The number of benzene rings is 1. The van der Waals surface area contributed by atoms with Crippen molar-refractivity contribution in [1.82, 2.24) is 0 Å². The van der Waals surface area contributed by atoms with Crippen molar-refractivity contribution in [3.8, 4) is 11.3 Å². The normalized spacial score (nSPS) is 11.1. The highest BCUT2D eigenvalue weighted by Gasteiger charge is 2.09. The molecule has 0 saturated carbocycles. The van der Waals surface area contributed by atoms with E-state index in [1.807, 2.05) is 0 Å². The summed E-state index contributed by atoms with van der Waals surface area (Å²) in [6.45, 7) is 0.